The minimum absolute atomic E-state index is 0.273. The molecule has 2 N–H and O–H groups in total. The quantitative estimate of drug-likeness (QED) is 0.777. The molecule has 0 unspecified atom stereocenters. The summed E-state index contributed by atoms with van der Waals surface area (Å²) >= 11 is 0. The van der Waals surface area contributed by atoms with Gasteiger partial charge in [-0.15, -0.1) is 0 Å². The molecular weight excluding hydrogens is 220 g/mol. The Morgan fingerprint density at radius 1 is 1.35 bits per heavy atom. The molecule has 0 bridgehead atoms. The molecule has 1 amide bonds. The summed E-state index contributed by atoms with van der Waals surface area (Å²) in [4.78, 5) is 25.5. The van der Waals surface area contributed by atoms with E-state index in [4.69, 9.17) is 4.74 Å². The Hall–Kier alpha value is -2.30. The van der Waals surface area contributed by atoms with Crippen LogP contribution in [0.25, 0.3) is 10.9 Å². The molecule has 0 fully saturated rings. The molecule has 0 spiro atoms. The zero-order chi connectivity index (χ0) is 12.3. The van der Waals surface area contributed by atoms with E-state index < -0.39 is 5.97 Å². The normalized spacial score (nSPS) is 10.2. The van der Waals surface area contributed by atoms with Crippen LogP contribution in [-0.4, -0.2) is 30.5 Å². The number of rotatable bonds is 3. The lowest BCUT2D eigenvalue weighted by Gasteiger charge is -2.01. The number of carbonyl (C=O) groups is 2. The van der Waals surface area contributed by atoms with Crippen molar-refractivity contribution in [2.24, 2.45) is 0 Å². The molecule has 0 saturated heterocycles. The second-order valence-corrected chi connectivity index (χ2v) is 3.52. The highest BCUT2D eigenvalue weighted by molar-refractivity contribution is 5.95. The maximum Gasteiger partial charge on any atom is 0.355 e. The number of benzene rings is 1. The Balaban J connectivity index is 2.11. The zero-order valence-electron chi connectivity index (χ0n) is 9.32. The predicted molar refractivity (Wildman–Crippen MR) is 62.6 cm³/mol. The van der Waals surface area contributed by atoms with Crippen molar-refractivity contribution in [2.45, 2.75) is 0 Å². The highest BCUT2D eigenvalue weighted by Crippen LogP contribution is 2.15. The first-order valence-electron chi connectivity index (χ1n) is 5.16. The van der Waals surface area contributed by atoms with Crippen LogP contribution in [0.4, 0.5) is 0 Å². The van der Waals surface area contributed by atoms with Gasteiger partial charge in [-0.25, -0.2) is 4.79 Å². The van der Waals surface area contributed by atoms with E-state index in [0.717, 1.165) is 10.9 Å². The van der Waals surface area contributed by atoms with Gasteiger partial charge in [0, 0.05) is 18.0 Å². The lowest BCUT2D eigenvalue weighted by Crippen LogP contribution is -2.25. The van der Waals surface area contributed by atoms with Gasteiger partial charge in [-0.2, -0.15) is 0 Å². The van der Waals surface area contributed by atoms with Crippen LogP contribution in [0.15, 0.2) is 30.3 Å². The van der Waals surface area contributed by atoms with Gasteiger partial charge in [0.25, 0.3) is 5.91 Å². The number of para-hydroxylation sites is 1. The third-order valence-electron chi connectivity index (χ3n) is 2.36. The molecule has 0 saturated carbocycles. The molecule has 0 radical (unpaired) electrons. The standard InChI is InChI=1S/C12H12N2O3/c1-13-11(15)7-17-12(16)10-6-8-4-2-3-5-9(8)14-10/h2-6,14H,7H2,1H3,(H,13,15). The maximum atomic E-state index is 11.6. The van der Waals surface area contributed by atoms with Crippen molar-refractivity contribution in [1.82, 2.24) is 10.3 Å². The van der Waals surface area contributed by atoms with Crippen molar-refractivity contribution in [1.29, 1.82) is 0 Å². The second-order valence-electron chi connectivity index (χ2n) is 3.52. The van der Waals surface area contributed by atoms with E-state index in [1.807, 2.05) is 24.3 Å². The van der Waals surface area contributed by atoms with Crippen LogP contribution in [0, 0.1) is 0 Å². The van der Waals surface area contributed by atoms with Crippen molar-refractivity contribution in [3.05, 3.63) is 36.0 Å². The average Bonchev–Trinajstić information content (AvgIpc) is 2.79. The number of esters is 1. The summed E-state index contributed by atoms with van der Waals surface area (Å²) in [6.45, 7) is -0.273. The molecule has 5 heteroatoms. The molecule has 17 heavy (non-hydrogen) atoms. The van der Waals surface area contributed by atoms with Crippen molar-refractivity contribution >= 4 is 22.8 Å². The lowest BCUT2D eigenvalue weighted by atomic mass is 10.2. The van der Waals surface area contributed by atoms with Crippen LogP contribution in [0.2, 0.25) is 0 Å². The Morgan fingerprint density at radius 2 is 2.12 bits per heavy atom. The van der Waals surface area contributed by atoms with E-state index in [0.29, 0.717) is 5.69 Å². The summed E-state index contributed by atoms with van der Waals surface area (Å²) in [6, 6.07) is 9.21. The summed E-state index contributed by atoms with van der Waals surface area (Å²) in [6.07, 6.45) is 0. The van der Waals surface area contributed by atoms with Gasteiger partial charge in [-0.1, -0.05) is 18.2 Å². The van der Waals surface area contributed by atoms with Gasteiger partial charge in [-0.05, 0) is 12.1 Å². The van der Waals surface area contributed by atoms with Crippen LogP contribution < -0.4 is 5.32 Å². The van der Waals surface area contributed by atoms with Crippen molar-refractivity contribution < 1.29 is 14.3 Å². The smallest absolute Gasteiger partial charge is 0.355 e. The predicted octanol–water partition coefficient (Wildman–Crippen LogP) is 1.07. The number of H-pyrrole nitrogens is 1. The molecule has 0 atom stereocenters. The molecule has 2 rings (SSSR count). The molecule has 0 aliphatic carbocycles. The minimum Gasteiger partial charge on any atom is -0.451 e. The van der Waals surface area contributed by atoms with E-state index in [2.05, 4.69) is 10.3 Å². The van der Waals surface area contributed by atoms with Gasteiger partial charge in [0.1, 0.15) is 5.69 Å². The SMILES string of the molecule is CNC(=O)COC(=O)c1cc2ccccc2[nH]1. The largest absolute Gasteiger partial charge is 0.451 e. The summed E-state index contributed by atoms with van der Waals surface area (Å²) in [5.41, 5.74) is 1.20. The number of nitrogens with one attached hydrogen (secondary N) is 2. The molecule has 1 aromatic carbocycles. The number of ether oxygens (including phenoxy) is 1. The van der Waals surface area contributed by atoms with Crippen LogP contribution in [0.5, 0.6) is 0 Å². The Bertz CT molecular complexity index is 527. The molecule has 1 aromatic heterocycles. The molecule has 5 nitrogen and oxygen atoms in total. The lowest BCUT2D eigenvalue weighted by molar-refractivity contribution is -0.123. The van der Waals surface area contributed by atoms with E-state index in [-0.39, 0.29) is 12.5 Å². The van der Waals surface area contributed by atoms with Crippen molar-refractivity contribution in [2.75, 3.05) is 13.7 Å². The zero-order valence-corrected chi connectivity index (χ0v) is 9.32. The molecule has 0 aliphatic rings. The average molecular weight is 232 g/mol. The minimum atomic E-state index is -0.537. The fourth-order valence-corrected chi connectivity index (χ4v) is 1.46. The highest BCUT2D eigenvalue weighted by atomic mass is 16.5. The van der Waals surface area contributed by atoms with Gasteiger partial charge in [0.05, 0.1) is 0 Å². The fraction of sp³-hybridized carbons (Fsp3) is 0.167. The molecule has 1 heterocycles. The van der Waals surface area contributed by atoms with Gasteiger partial charge < -0.3 is 15.0 Å². The van der Waals surface area contributed by atoms with Gasteiger partial charge in [0.15, 0.2) is 6.61 Å². The van der Waals surface area contributed by atoms with Gasteiger partial charge in [0.2, 0.25) is 0 Å². The molecule has 0 aliphatic heterocycles. The number of aromatic nitrogens is 1. The maximum absolute atomic E-state index is 11.6. The van der Waals surface area contributed by atoms with Crippen LogP contribution in [-0.2, 0) is 9.53 Å². The first-order chi connectivity index (χ1) is 8.20. The summed E-state index contributed by atoms with van der Waals surface area (Å²) in [5.74, 6) is -0.876. The summed E-state index contributed by atoms with van der Waals surface area (Å²) in [7, 11) is 1.49. The molecule has 2 aromatic rings. The first-order valence-corrected chi connectivity index (χ1v) is 5.16. The Morgan fingerprint density at radius 3 is 2.82 bits per heavy atom. The third-order valence-corrected chi connectivity index (χ3v) is 2.36. The van der Waals surface area contributed by atoms with E-state index in [9.17, 15) is 9.59 Å². The number of hydrogen-bond donors (Lipinski definition) is 2. The summed E-state index contributed by atoms with van der Waals surface area (Å²) < 4.78 is 4.83. The van der Waals surface area contributed by atoms with Crippen molar-refractivity contribution in [3.8, 4) is 0 Å². The monoisotopic (exact) mass is 232 g/mol. The number of amides is 1. The van der Waals surface area contributed by atoms with E-state index >= 15 is 0 Å². The topological polar surface area (TPSA) is 71.2 Å². The Kier molecular flexibility index (Phi) is 3.09. The van der Waals surface area contributed by atoms with Crippen LogP contribution in [0.1, 0.15) is 10.5 Å². The molecular formula is C12H12N2O3. The first kappa shape index (κ1) is 11.2. The Labute approximate surface area is 97.8 Å². The van der Waals surface area contributed by atoms with Crippen LogP contribution in [0.3, 0.4) is 0 Å². The number of likely N-dealkylation sites (N-methyl/N-ethyl adjacent to an activating group) is 1. The second kappa shape index (κ2) is 4.69. The third kappa shape index (κ3) is 2.44. The summed E-state index contributed by atoms with van der Waals surface area (Å²) in [5, 5.41) is 3.30. The number of carbonyl (C=O) groups excluding carboxylic acids is 2. The highest BCUT2D eigenvalue weighted by Gasteiger charge is 2.11. The number of aromatic amines is 1. The van der Waals surface area contributed by atoms with E-state index in [1.165, 1.54) is 7.05 Å². The van der Waals surface area contributed by atoms with Crippen LogP contribution >= 0.6 is 0 Å². The van der Waals surface area contributed by atoms with E-state index in [1.54, 1.807) is 6.07 Å². The number of fused-ring (bicyclic) bond motifs is 1. The molecule has 88 valence electrons. The fourth-order valence-electron chi connectivity index (χ4n) is 1.46. The van der Waals surface area contributed by atoms with Gasteiger partial charge >= 0.3 is 5.97 Å². The van der Waals surface area contributed by atoms with Gasteiger partial charge in [-0.3, -0.25) is 4.79 Å². The van der Waals surface area contributed by atoms with Crippen molar-refractivity contribution in [3.63, 3.8) is 0 Å². The number of hydrogen-bond acceptors (Lipinski definition) is 3.